The summed E-state index contributed by atoms with van der Waals surface area (Å²) in [6.07, 6.45) is 27.6. The van der Waals surface area contributed by atoms with Gasteiger partial charge in [0, 0.05) is 36.2 Å². The standard InChI is InChI=1S/C86H106O14/c1-5-9-11-13-15-17-19-21-27-65-29-33-67(34-30-65)69-37-41-71(42-38-69)81(87)97-77-57-80(100-84(90)74-47-51-76(52-48-74)96-56-26-24-54-92-60-86(8-4)63-94-64-86)78(58-79(77)99-83(89)73-45-49-75(50-46-73)95-55-25-23-53-91-59-85(7-3)61-93-62-85)98-82(88)72-43-39-70(40-44-72)68-35-31-66(32-36-68)28-22-20-18-16-14-12-10-6-2/h29-52,57-58H,5-28,53-56,59-64H2,1-4H3. The van der Waals surface area contributed by atoms with Crippen LogP contribution in [0.5, 0.6) is 34.5 Å². The van der Waals surface area contributed by atoms with Gasteiger partial charge in [0.2, 0.25) is 0 Å². The molecule has 0 amide bonds. The minimum Gasteiger partial charge on any atom is -0.494 e. The van der Waals surface area contributed by atoms with E-state index in [4.69, 9.17) is 47.4 Å². The van der Waals surface area contributed by atoms with E-state index in [9.17, 15) is 19.2 Å². The molecule has 7 aromatic rings. The van der Waals surface area contributed by atoms with Crippen molar-refractivity contribution in [2.24, 2.45) is 10.8 Å². The van der Waals surface area contributed by atoms with Crippen molar-refractivity contribution in [3.63, 3.8) is 0 Å². The second-order valence-corrected chi connectivity index (χ2v) is 27.3. The molecule has 2 heterocycles. The van der Waals surface area contributed by atoms with E-state index in [2.05, 4.69) is 76.2 Å². The molecule has 534 valence electrons. The number of benzene rings is 7. The van der Waals surface area contributed by atoms with Gasteiger partial charge in [0.05, 0.1) is 75.1 Å². The summed E-state index contributed by atoms with van der Waals surface area (Å²) in [4.78, 5) is 57.3. The van der Waals surface area contributed by atoms with E-state index in [-0.39, 0.29) is 56.1 Å². The Hall–Kier alpha value is -8.14. The van der Waals surface area contributed by atoms with Gasteiger partial charge in [-0.1, -0.05) is 190 Å². The number of carbonyl (C=O) groups excluding carboxylic acids is 4. The van der Waals surface area contributed by atoms with E-state index in [1.165, 1.54) is 113 Å². The first-order valence-corrected chi connectivity index (χ1v) is 37.2. The van der Waals surface area contributed by atoms with Gasteiger partial charge in [-0.3, -0.25) is 0 Å². The van der Waals surface area contributed by atoms with Gasteiger partial charge in [-0.2, -0.15) is 0 Å². The first-order chi connectivity index (χ1) is 49.0. The zero-order chi connectivity index (χ0) is 70.0. The predicted octanol–water partition coefficient (Wildman–Crippen LogP) is 20.5. The molecule has 2 aliphatic heterocycles. The van der Waals surface area contributed by atoms with E-state index in [0.29, 0.717) is 51.1 Å². The van der Waals surface area contributed by atoms with Crippen LogP contribution in [0.15, 0.2) is 158 Å². The van der Waals surface area contributed by atoms with Crippen molar-refractivity contribution >= 4 is 23.9 Å². The fraction of sp³-hybridized carbons (Fsp3) is 0.465. The Bertz CT molecular complexity index is 3320. The Balaban J connectivity index is 0.917. The van der Waals surface area contributed by atoms with Crippen molar-refractivity contribution in [1.29, 1.82) is 0 Å². The highest BCUT2D eigenvalue weighted by Crippen LogP contribution is 2.42. The van der Waals surface area contributed by atoms with Crippen LogP contribution >= 0.6 is 0 Å². The maximum Gasteiger partial charge on any atom is 0.343 e. The summed E-state index contributed by atoms with van der Waals surface area (Å²) in [5.41, 5.74) is 7.31. The number of rotatable bonds is 46. The molecule has 14 nitrogen and oxygen atoms in total. The van der Waals surface area contributed by atoms with Gasteiger partial charge in [0.25, 0.3) is 0 Å². The number of unbranched alkanes of at least 4 members (excludes halogenated alkanes) is 16. The van der Waals surface area contributed by atoms with Crippen LogP contribution in [0.25, 0.3) is 22.3 Å². The maximum absolute atomic E-state index is 14.4. The Morgan fingerprint density at radius 3 is 0.870 bits per heavy atom. The molecule has 0 saturated carbocycles. The summed E-state index contributed by atoms with van der Waals surface area (Å²) in [7, 11) is 0. The number of hydrogen-bond donors (Lipinski definition) is 0. The van der Waals surface area contributed by atoms with Crippen molar-refractivity contribution < 1.29 is 66.5 Å². The summed E-state index contributed by atoms with van der Waals surface area (Å²) in [6, 6.07) is 46.5. The van der Waals surface area contributed by atoms with Crippen LogP contribution in [0.2, 0.25) is 0 Å². The smallest absolute Gasteiger partial charge is 0.343 e. The molecule has 2 fully saturated rings. The van der Waals surface area contributed by atoms with Crippen LogP contribution in [0.3, 0.4) is 0 Å². The molecule has 0 N–H and O–H groups in total. The summed E-state index contributed by atoms with van der Waals surface area (Å²) in [5.74, 6) is -3.33. The first kappa shape index (κ1) is 76.0. The number of carbonyl (C=O) groups is 4. The molecule has 0 spiro atoms. The molecule has 0 aromatic heterocycles. The molecule has 9 rings (SSSR count). The van der Waals surface area contributed by atoms with Crippen LogP contribution in [-0.4, -0.2) is 89.9 Å². The molecule has 14 heteroatoms. The lowest BCUT2D eigenvalue weighted by molar-refractivity contribution is -0.150. The predicted molar refractivity (Wildman–Crippen MR) is 394 cm³/mol. The third-order valence-electron chi connectivity index (χ3n) is 19.3. The van der Waals surface area contributed by atoms with Crippen molar-refractivity contribution in [2.75, 3.05) is 66.1 Å². The van der Waals surface area contributed by atoms with Crippen molar-refractivity contribution in [1.82, 2.24) is 0 Å². The SMILES string of the molecule is CCCCCCCCCCc1ccc(-c2ccc(C(=O)Oc3cc(OC(=O)c4ccc(OCCCCOCC5(CC)COC5)cc4)c(OC(=O)c4ccc(-c5ccc(CCCCCCCCCC)cc5)cc4)cc3OC(=O)c3ccc(OCCCCOCC4(CC)COC4)cc3)cc2)cc1. The average molecular weight is 1360 g/mol. The fourth-order valence-electron chi connectivity index (χ4n) is 12.2. The Kier molecular flexibility index (Phi) is 31.1. The van der Waals surface area contributed by atoms with Crippen molar-refractivity contribution in [3.8, 4) is 56.8 Å². The van der Waals surface area contributed by atoms with Crippen LogP contribution < -0.4 is 28.4 Å². The average Bonchev–Trinajstić information content (AvgIpc) is 0.797. The zero-order valence-corrected chi connectivity index (χ0v) is 59.8. The highest BCUT2D eigenvalue weighted by atomic mass is 16.6. The van der Waals surface area contributed by atoms with Gasteiger partial charge in [0.1, 0.15) is 11.5 Å². The molecule has 2 aliphatic rings. The van der Waals surface area contributed by atoms with Crippen LogP contribution in [0.1, 0.15) is 222 Å². The molecular formula is C86H106O14. The minimum atomic E-state index is -0.824. The summed E-state index contributed by atoms with van der Waals surface area (Å²) < 4.78 is 59.2. The van der Waals surface area contributed by atoms with Crippen molar-refractivity contribution in [2.45, 2.75) is 182 Å². The molecule has 7 aromatic carbocycles. The Morgan fingerprint density at radius 1 is 0.320 bits per heavy atom. The van der Waals surface area contributed by atoms with E-state index < -0.39 is 23.9 Å². The molecule has 0 unspecified atom stereocenters. The zero-order valence-electron chi connectivity index (χ0n) is 59.8. The number of ether oxygens (including phenoxy) is 10. The lowest BCUT2D eigenvalue weighted by Gasteiger charge is -2.40. The third kappa shape index (κ3) is 24.0. The van der Waals surface area contributed by atoms with Gasteiger partial charge in [0.15, 0.2) is 23.0 Å². The Morgan fingerprint density at radius 2 is 0.590 bits per heavy atom. The Labute approximate surface area is 594 Å². The molecule has 0 radical (unpaired) electrons. The summed E-state index contributed by atoms with van der Waals surface area (Å²) >= 11 is 0. The highest BCUT2D eigenvalue weighted by Gasteiger charge is 2.38. The monoisotopic (exact) mass is 1360 g/mol. The minimum absolute atomic E-state index is 0.131. The largest absolute Gasteiger partial charge is 0.494 e. The van der Waals surface area contributed by atoms with Crippen molar-refractivity contribution in [3.05, 3.63) is 191 Å². The third-order valence-corrected chi connectivity index (χ3v) is 19.3. The summed E-state index contributed by atoms with van der Waals surface area (Å²) in [5, 5.41) is 0. The van der Waals surface area contributed by atoms with E-state index in [1.54, 1.807) is 72.8 Å². The van der Waals surface area contributed by atoms with E-state index >= 15 is 0 Å². The molecule has 0 atom stereocenters. The van der Waals surface area contributed by atoms with Crippen LogP contribution in [0, 0.1) is 10.8 Å². The summed E-state index contributed by atoms with van der Waals surface area (Å²) in [6.45, 7) is 15.3. The molecule has 0 bridgehead atoms. The lowest BCUT2D eigenvalue weighted by Crippen LogP contribution is -2.45. The second kappa shape index (κ2) is 40.9. The molecule has 0 aliphatic carbocycles. The fourth-order valence-corrected chi connectivity index (χ4v) is 12.2. The van der Waals surface area contributed by atoms with E-state index in [0.717, 1.165) is 113 Å². The van der Waals surface area contributed by atoms with Crippen LogP contribution in [-0.2, 0) is 31.8 Å². The lowest BCUT2D eigenvalue weighted by atomic mass is 9.84. The van der Waals surface area contributed by atoms with Gasteiger partial charge >= 0.3 is 23.9 Å². The second-order valence-electron chi connectivity index (χ2n) is 27.3. The molecular weight excluding hydrogens is 1260 g/mol. The number of hydrogen-bond acceptors (Lipinski definition) is 14. The highest BCUT2D eigenvalue weighted by molar-refractivity contribution is 5.96. The van der Waals surface area contributed by atoms with Gasteiger partial charge in [-0.15, -0.1) is 0 Å². The van der Waals surface area contributed by atoms with Gasteiger partial charge < -0.3 is 47.4 Å². The topological polar surface area (TPSA) is 161 Å². The van der Waals surface area contributed by atoms with Gasteiger partial charge in [-0.05, 0) is 170 Å². The normalized spacial score (nSPS) is 13.6. The number of esters is 4. The van der Waals surface area contributed by atoms with Crippen LogP contribution in [0.4, 0.5) is 0 Å². The van der Waals surface area contributed by atoms with Gasteiger partial charge in [-0.25, -0.2) is 19.2 Å². The van der Waals surface area contributed by atoms with E-state index in [1.807, 2.05) is 24.3 Å². The maximum atomic E-state index is 14.4. The number of aryl methyl sites for hydroxylation is 2. The quantitative estimate of drug-likeness (QED) is 0.0201. The first-order valence-electron chi connectivity index (χ1n) is 37.2. The molecule has 2 saturated heterocycles. The molecule has 100 heavy (non-hydrogen) atoms.